The summed E-state index contributed by atoms with van der Waals surface area (Å²) in [7, 11) is 0. The Labute approximate surface area is 224 Å². The van der Waals surface area contributed by atoms with E-state index in [9.17, 15) is 29.7 Å². The van der Waals surface area contributed by atoms with E-state index in [1.807, 2.05) is 0 Å². The first-order valence-corrected chi connectivity index (χ1v) is 12.3. The minimum atomic E-state index is -1.09. The van der Waals surface area contributed by atoms with E-state index in [-0.39, 0.29) is 17.7 Å². The molecule has 3 aromatic carbocycles. The van der Waals surface area contributed by atoms with Gasteiger partial charge >= 0.3 is 5.97 Å². The highest BCUT2D eigenvalue weighted by molar-refractivity contribution is 6.30. The summed E-state index contributed by atoms with van der Waals surface area (Å²) in [5.74, 6) is -3.05. The standard InChI is InChI=1S/C28H27ClN2O7/c1-16(33)23(14-32)31-25(18-9-11-20(29)12-10-18)24(21-7-2-3-8-22(21)27(31)35)26(34)30-38-15-17-5-4-6-19(13-17)28(36)37/h2-13,16,23-25,32-33H,14-15H2,1H3,(H,30,34)(H,36,37)/t16-,23-,24-,25+/m0/s1. The van der Waals surface area contributed by atoms with Gasteiger partial charge in [-0.3, -0.25) is 14.4 Å². The molecule has 0 saturated heterocycles. The van der Waals surface area contributed by atoms with E-state index in [1.54, 1.807) is 60.7 Å². The van der Waals surface area contributed by atoms with Gasteiger partial charge in [-0.2, -0.15) is 0 Å². The maximum absolute atomic E-state index is 13.7. The zero-order valence-electron chi connectivity index (χ0n) is 20.5. The van der Waals surface area contributed by atoms with Gasteiger partial charge in [-0.25, -0.2) is 10.3 Å². The number of nitrogens with one attached hydrogen (secondary N) is 1. The predicted octanol–water partition coefficient (Wildman–Crippen LogP) is 3.31. The first kappa shape index (κ1) is 27.3. The quantitative estimate of drug-likeness (QED) is 0.307. The molecular formula is C28H27ClN2O7. The number of aliphatic hydroxyl groups is 2. The number of hydrogen-bond donors (Lipinski definition) is 4. The molecule has 10 heteroatoms. The molecule has 2 amide bonds. The van der Waals surface area contributed by atoms with Gasteiger partial charge in [0, 0.05) is 10.6 Å². The van der Waals surface area contributed by atoms with Gasteiger partial charge in [-0.05, 0) is 53.9 Å². The van der Waals surface area contributed by atoms with E-state index in [0.717, 1.165) is 0 Å². The average Bonchev–Trinajstić information content (AvgIpc) is 2.90. The SMILES string of the molecule is C[C@H](O)[C@H](CO)N1C(=O)c2ccccc2[C@H](C(=O)NOCc2cccc(C(=O)O)c2)[C@H]1c1ccc(Cl)cc1. The van der Waals surface area contributed by atoms with Crippen LogP contribution in [0.5, 0.6) is 0 Å². The molecule has 3 aromatic rings. The number of hydrogen-bond acceptors (Lipinski definition) is 6. The molecule has 0 aliphatic carbocycles. The number of aliphatic hydroxyl groups excluding tert-OH is 2. The molecule has 38 heavy (non-hydrogen) atoms. The van der Waals surface area contributed by atoms with Crippen molar-refractivity contribution in [1.29, 1.82) is 0 Å². The molecule has 0 fully saturated rings. The van der Waals surface area contributed by atoms with E-state index in [4.69, 9.17) is 16.4 Å². The van der Waals surface area contributed by atoms with Crippen molar-refractivity contribution in [2.24, 2.45) is 0 Å². The van der Waals surface area contributed by atoms with Crippen molar-refractivity contribution in [3.63, 3.8) is 0 Å². The summed E-state index contributed by atoms with van der Waals surface area (Å²) >= 11 is 6.10. The summed E-state index contributed by atoms with van der Waals surface area (Å²) in [6, 6.07) is 17.6. The third kappa shape index (κ3) is 5.56. The summed E-state index contributed by atoms with van der Waals surface area (Å²) < 4.78 is 0. The van der Waals surface area contributed by atoms with Crippen LogP contribution in [0.3, 0.4) is 0 Å². The minimum Gasteiger partial charge on any atom is -0.478 e. The van der Waals surface area contributed by atoms with Gasteiger partial charge in [0.05, 0.1) is 42.9 Å². The lowest BCUT2D eigenvalue weighted by Gasteiger charge is -2.45. The molecule has 1 aliphatic rings. The van der Waals surface area contributed by atoms with Crippen molar-refractivity contribution in [2.75, 3.05) is 6.61 Å². The number of carboxylic acids is 1. The van der Waals surface area contributed by atoms with Crippen LogP contribution in [0.1, 0.15) is 56.3 Å². The Hall–Kier alpha value is -3.76. The Morgan fingerprint density at radius 3 is 2.45 bits per heavy atom. The molecule has 1 heterocycles. The number of amides is 2. The van der Waals surface area contributed by atoms with Crippen LogP contribution in [0.2, 0.25) is 5.02 Å². The van der Waals surface area contributed by atoms with Gasteiger partial charge in [0.2, 0.25) is 0 Å². The van der Waals surface area contributed by atoms with Crippen LogP contribution < -0.4 is 5.48 Å². The third-order valence-corrected chi connectivity index (χ3v) is 6.81. The lowest BCUT2D eigenvalue weighted by Crippen LogP contribution is -2.55. The lowest BCUT2D eigenvalue weighted by atomic mass is 9.78. The van der Waals surface area contributed by atoms with Gasteiger partial charge in [0.15, 0.2) is 0 Å². The fourth-order valence-electron chi connectivity index (χ4n) is 4.73. The molecule has 4 rings (SSSR count). The number of halogens is 1. The molecule has 0 spiro atoms. The largest absolute Gasteiger partial charge is 0.478 e. The van der Waals surface area contributed by atoms with E-state index in [2.05, 4.69) is 5.48 Å². The summed E-state index contributed by atoms with van der Waals surface area (Å²) in [6.45, 7) is 0.847. The second-order valence-corrected chi connectivity index (χ2v) is 9.46. The number of benzene rings is 3. The van der Waals surface area contributed by atoms with Gasteiger partial charge in [-0.15, -0.1) is 0 Å². The molecule has 0 radical (unpaired) electrons. The Morgan fingerprint density at radius 2 is 1.79 bits per heavy atom. The summed E-state index contributed by atoms with van der Waals surface area (Å²) in [4.78, 5) is 45.4. The average molecular weight is 539 g/mol. The number of aromatic carboxylic acids is 1. The zero-order valence-corrected chi connectivity index (χ0v) is 21.2. The van der Waals surface area contributed by atoms with Crippen LogP contribution in [0.15, 0.2) is 72.8 Å². The van der Waals surface area contributed by atoms with Crippen molar-refractivity contribution in [3.8, 4) is 0 Å². The van der Waals surface area contributed by atoms with Crippen LogP contribution in [0, 0.1) is 0 Å². The van der Waals surface area contributed by atoms with Crippen LogP contribution in [0.4, 0.5) is 0 Å². The number of hydroxylamine groups is 1. The Kier molecular flexibility index (Phi) is 8.43. The summed E-state index contributed by atoms with van der Waals surface area (Å²) in [5.41, 5.74) is 4.38. The number of nitrogens with zero attached hydrogens (tertiary/aromatic N) is 1. The number of carboxylic acid groups (broad SMARTS) is 1. The summed E-state index contributed by atoms with van der Waals surface area (Å²) in [6.07, 6.45) is -1.09. The predicted molar refractivity (Wildman–Crippen MR) is 138 cm³/mol. The highest BCUT2D eigenvalue weighted by Crippen LogP contribution is 2.44. The Balaban J connectivity index is 1.72. The van der Waals surface area contributed by atoms with Crippen molar-refractivity contribution in [2.45, 2.75) is 37.6 Å². The Bertz CT molecular complexity index is 1330. The highest BCUT2D eigenvalue weighted by atomic mass is 35.5. The fraction of sp³-hybridized carbons (Fsp3) is 0.250. The number of fused-ring (bicyclic) bond motifs is 1. The first-order chi connectivity index (χ1) is 18.2. The lowest BCUT2D eigenvalue weighted by molar-refractivity contribution is -0.138. The molecule has 0 aromatic heterocycles. The van der Waals surface area contributed by atoms with Crippen LogP contribution >= 0.6 is 11.6 Å². The van der Waals surface area contributed by atoms with Crippen molar-refractivity contribution in [3.05, 3.63) is 106 Å². The number of carbonyl (C=O) groups is 3. The second kappa shape index (κ2) is 11.7. The van der Waals surface area contributed by atoms with E-state index >= 15 is 0 Å². The second-order valence-electron chi connectivity index (χ2n) is 9.02. The monoisotopic (exact) mass is 538 g/mol. The molecule has 4 atom stereocenters. The maximum Gasteiger partial charge on any atom is 0.335 e. The van der Waals surface area contributed by atoms with Crippen molar-refractivity contribution in [1.82, 2.24) is 10.4 Å². The third-order valence-electron chi connectivity index (χ3n) is 6.56. The van der Waals surface area contributed by atoms with E-state index in [0.29, 0.717) is 21.7 Å². The minimum absolute atomic E-state index is 0.0868. The molecule has 1 aliphatic heterocycles. The number of carbonyl (C=O) groups excluding carboxylic acids is 2. The van der Waals surface area contributed by atoms with Crippen molar-refractivity contribution < 1.29 is 34.5 Å². The normalized spacial score (nSPS) is 18.4. The van der Waals surface area contributed by atoms with Crippen LogP contribution in [0.25, 0.3) is 0 Å². The fourth-order valence-corrected chi connectivity index (χ4v) is 4.86. The highest BCUT2D eigenvalue weighted by Gasteiger charge is 2.47. The van der Waals surface area contributed by atoms with Crippen LogP contribution in [-0.2, 0) is 16.2 Å². The van der Waals surface area contributed by atoms with Crippen molar-refractivity contribution >= 4 is 29.4 Å². The van der Waals surface area contributed by atoms with Crippen LogP contribution in [-0.4, -0.2) is 56.8 Å². The van der Waals surface area contributed by atoms with E-state index < -0.39 is 48.5 Å². The van der Waals surface area contributed by atoms with Gasteiger partial charge in [-0.1, -0.05) is 54.1 Å². The summed E-state index contributed by atoms with van der Waals surface area (Å²) in [5, 5.41) is 30.3. The topological polar surface area (TPSA) is 136 Å². The molecule has 198 valence electrons. The van der Waals surface area contributed by atoms with Gasteiger partial charge < -0.3 is 20.2 Å². The zero-order chi connectivity index (χ0) is 27.4. The molecule has 0 saturated carbocycles. The Morgan fingerprint density at radius 1 is 1.08 bits per heavy atom. The molecule has 9 nitrogen and oxygen atoms in total. The molecule has 0 bridgehead atoms. The maximum atomic E-state index is 13.7. The first-order valence-electron chi connectivity index (χ1n) is 11.9. The number of rotatable bonds is 9. The van der Waals surface area contributed by atoms with E-state index in [1.165, 1.54) is 24.0 Å². The molecule has 4 N–H and O–H groups in total. The molecular weight excluding hydrogens is 512 g/mol. The molecule has 0 unspecified atom stereocenters. The smallest absolute Gasteiger partial charge is 0.335 e. The van der Waals surface area contributed by atoms with Gasteiger partial charge in [0.25, 0.3) is 11.8 Å². The van der Waals surface area contributed by atoms with Gasteiger partial charge in [0.1, 0.15) is 0 Å².